The molecule has 2 aromatic heterocycles. The lowest BCUT2D eigenvalue weighted by molar-refractivity contribution is 0.181. The number of nitrogens with zero attached hydrogens (tertiary/aromatic N) is 3. The summed E-state index contributed by atoms with van der Waals surface area (Å²) in [5, 5.41) is 0. The zero-order chi connectivity index (χ0) is 21.1. The zero-order valence-electron chi connectivity index (χ0n) is 17.9. The lowest BCUT2D eigenvalue weighted by Crippen LogP contribution is -2.34. The Morgan fingerprint density at radius 1 is 1.20 bits per heavy atom. The van der Waals surface area contributed by atoms with Crippen molar-refractivity contribution < 1.29 is 9.47 Å². The number of piperidine rings is 1. The van der Waals surface area contributed by atoms with E-state index >= 15 is 0 Å². The third-order valence-corrected chi connectivity index (χ3v) is 5.53. The molecule has 160 valence electrons. The summed E-state index contributed by atoms with van der Waals surface area (Å²) in [6.45, 7) is 9.54. The minimum Gasteiger partial charge on any atom is -0.490 e. The maximum absolute atomic E-state index is 11.9. The first-order valence-corrected chi connectivity index (χ1v) is 10.7. The summed E-state index contributed by atoms with van der Waals surface area (Å²) in [7, 11) is 0. The van der Waals surface area contributed by atoms with Gasteiger partial charge in [-0.15, -0.1) is 0 Å². The van der Waals surface area contributed by atoms with Gasteiger partial charge in [-0.2, -0.15) is 0 Å². The number of hydrogen-bond donors (Lipinski definition) is 1. The molecule has 1 aromatic carbocycles. The molecule has 3 aromatic rings. The SMILES string of the molecule is CCOc1cc(CN2CCC(n3cnc4c(=O)[nH]ccc43)CC2)ccc1OC(C)C. The van der Waals surface area contributed by atoms with Gasteiger partial charge in [0.1, 0.15) is 0 Å². The number of benzene rings is 1. The van der Waals surface area contributed by atoms with Crippen molar-refractivity contribution in [2.75, 3.05) is 19.7 Å². The fourth-order valence-corrected chi connectivity index (χ4v) is 4.15. The summed E-state index contributed by atoms with van der Waals surface area (Å²) in [6.07, 6.45) is 5.68. The van der Waals surface area contributed by atoms with Gasteiger partial charge in [0.15, 0.2) is 17.0 Å². The van der Waals surface area contributed by atoms with Crippen molar-refractivity contribution in [3.8, 4) is 11.5 Å². The van der Waals surface area contributed by atoms with Crippen LogP contribution >= 0.6 is 0 Å². The van der Waals surface area contributed by atoms with Crippen LogP contribution in [0.3, 0.4) is 0 Å². The topological polar surface area (TPSA) is 72.4 Å². The predicted molar refractivity (Wildman–Crippen MR) is 117 cm³/mol. The molecule has 3 heterocycles. The number of nitrogens with one attached hydrogen (secondary N) is 1. The van der Waals surface area contributed by atoms with Crippen LogP contribution in [0.4, 0.5) is 0 Å². The Bertz CT molecular complexity index is 1050. The number of pyridine rings is 1. The zero-order valence-corrected chi connectivity index (χ0v) is 17.9. The third kappa shape index (κ3) is 4.36. The van der Waals surface area contributed by atoms with Gasteiger partial charge in [-0.05, 0) is 57.4 Å². The average molecular weight is 411 g/mol. The van der Waals surface area contributed by atoms with E-state index in [0.29, 0.717) is 18.2 Å². The normalized spacial score (nSPS) is 15.7. The molecule has 0 saturated carbocycles. The number of hydrogen-bond acceptors (Lipinski definition) is 5. The number of likely N-dealkylation sites (tertiary alicyclic amines) is 1. The Morgan fingerprint density at radius 2 is 2.00 bits per heavy atom. The first-order valence-electron chi connectivity index (χ1n) is 10.7. The van der Waals surface area contributed by atoms with Crippen molar-refractivity contribution in [2.24, 2.45) is 0 Å². The highest BCUT2D eigenvalue weighted by molar-refractivity contribution is 5.73. The van der Waals surface area contributed by atoms with Gasteiger partial charge >= 0.3 is 0 Å². The second-order valence-electron chi connectivity index (χ2n) is 8.08. The van der Waals surface area contributed by atoms with Gasteiger partial charge in [0, 0.05) is 31.9 Å². The molecule has 1 aliphatic rings. The Labute approximate surface area is 176 Å². The van der Waals surface area contributed by atoms with E-state index in [9.17, 15) is 4.79 Å². The highest BCUT2D eigenvalue weighted by atomic mass is 16.5. The average Bonchev–Trinajstić information content (AvgIpc) is 3.16. The summed E-state index contributed by atoms with van der Waals surface area (Å²) in [5.41, 5.74) is 2.54. The number of H-pyrrole nitrogens is 1. The monoisotopic (exact) mass is 410 g/mol. The van der Waals surface area contributed by atoms with E-state index in [0.717, 1.165) is 49.5 Å². The van der Waals surface area contributed by atoms with E-state index in [-0.39, 0.29) is 11.7 Å². The highest BCUT2D eigenvalue weighted by Gasteiger charge is 2.22. The van der Waals surface area contributed by atoms with Crippen LogP contribution in [0.1, 0.15) is 45.2 Å². The molecule has 1 N–H and O–H groups in total. The molecular formula is C23H30N4O3. The van der Waals surface area contributed by atoms with Crippen molar-refractivity contribution in [1.29, 1.82) is 0 Å². The molecule has 0 aliphatic carbocycles. The smallest absolute Gasteiger partial charge is 0.276 e. The van der Waals surface area contributed by atoms with Gasteiger partial charge < -0.3 is 19.0 Å². The molecule has 0 radical (unpaired) electrons. The van der Waals surface area contributed by atoms with Gasteiger partial charge in [0.05, 0.1) is 24.6 Å². The largest absolute Gasteiger partial charge is 0.490 e. The van der Waals surface area contributed by atoms with Crippen molar-refractivity contribution in [1.82, 2.24) is 19.4 Å². The second-order valence-corrected chi connectivity index (χ2v) is 8.08. The molecule has 1 saturated heterocycles. The molecular weight excluding hydrogens is 380 g/mol. The van der Waals surface area contributed by atoms with Crippen molar-refractivity contribution in [3.63, 3.8) is 0 Å². The summed E-state index contributed by atoms with van der Waals surface area (Å²) < 4.78 is 13.8. The van der Waals surface area contributed by atoms with Crippen molar-refractivity contribution in [2.45, 2.75) is 52.3 Å². The Morgan fingerprint density at radius 3 is 2.73 bits per heavy atom. The third-order valence-electron chi connectivity index (χ3n) is 5.53. The molecule has 4 rings (SSSR count). The fraction of sp³-hybridized carbons (Fsp3) is 0.478. The number of imidazole rings is 1. The highest BCUT2D eigenvalue weighted by Crippen LogP contribution is 2.31. The summed E-state index contributed by atoms with van der Waals surface area (Å²) in [6, 6.07) is 8.55. The van der Waals surface area contributed by atoms with Crippen LogP contribution in [0.2, 0.25) is 0 Å². The van der Waals surface area contributed by atoms with Crippen LogP contribution in [0.25, 0.3) is 11.0 Å². The van der Waals surface area contributed by atoms with Crippen LogP contribution in [0.15, 0.2) is 41.6 Å². The molecule has 1 aliphatic heterocycles. The van der Waals surface area contributed by atoms with Crippen molar-refractivity contribution in [3.05, 3.63) is 52.7 Å². The standard InChI is InChI=1S/C23H30N4O3/c1-4-29-21-13-17(5-6-20(21)30-16(2)3)14-26-11-8-18(9-12-26)27-15-25-22-19(27)7-10-24-23(22)28/h5-7,10,13,15-16,18H,4,8-9,11-12,14H2,1-3H3,(H,24,28). The molecule has 0 amide bonds. The summed E-state index contributed by atoms with van der Waals surface area (Å²) >= 11 is 0. The lowest BCUT2D eigenvalue weighted by atomic mass is 10.0. The number of fused-ring (bicyclic) bond motifs is 1. The number of aromatic nitrogens is 3. The van der Waals surface area contributed by atoms with Crippen molar-refractivity contribution >= 4 is 11.0 Å². The van der Waals surface area contributed by atoms with E-state index in [2.05, 4.69) is 31.6 Å². The summed E-state index contributed by atoms with van der Waals surface area (Å²) in [4.78, 5) is 21.4. The lowest BCUT2D eigenvalue weighted by Gasteiger charge is -2.33. The van der Waals surface area contributed by atoms with Crippen LogP contribution in [0, 0.1) is 0 Å². The number of ether oxygens (including phenoxy) is 2. The van der Waals surface area contributed by atoms with E-state index in [4.69, 9.17) is 9.47 Å². The van der Waals surface area contributed by atoms with Gasteiger partial charge in [-0.1, -0.05) is 6.07 Å². The Balaban J connectivity index is 1.41. The molecule has 30 heavy (non-hydrogen) atoms. The molecule has 0 unspecified atom stereocenters. The fourth-order valence-electron chi connectivity index (χ4n) is 4.15. The second kappa shape index (κ2) is 8.92. The minimum absolute atomic E-state index is 0.115. The number of aromatic amines is 1. The Hall–Kier alpha value is -2.80. The molecule has 0 spiro atoms. The molecule has 7 nitrogen and oxygen atoms in total. The number of rotatable bonds is 7. The molecule has 1 fully saturated rings. The van der Waals surface area contributed by atoms with E-state index in [1.54, 1.807) is 6.20 Å². The van der Waals surface area contributed by atoms with Gasteiger partial charge in [0.2, 0.25) is 0 Å². The van der Waals surface area contributed by atoms with Crippen LogP contribution in [0.5, 0.6) is 11.5 Å². The maximum Gasteiger partial charge on any atom is 0.276 e. The predicted octanol–water partition coefficient (Wildman–Crippen LogP) is 3.75. The first-order chi connectivity index (χ1) is 14.5. The minimum atomic E-state index is -0.126. The molecule has 0 atom stereocenters. The van der Waals surface area contributed by atoms with Gasteiger partial charge in [0.25, 0.3) is 5.56 Å². The maximum atomic E-state index is 11.9. The summed E-state index contributed by atoms with van der Waals surface area (Å²) in [5.74, 6) is 1.62. The van der Waals surface area contributed by atoms with E-state index < -0.39 is 0 Å². The van der Waals surface area contributed by atoms with Crippen LogP contribution < -0.4 is 15.0 Å². The van der Waals surface area contributed by atoms with Gasteiger partial charge in [-0.25, -0.2) is 4.98 Å². The Kier molecular flexibility index (Phi) is 6.08. The van der Waals surface area contributed by atoms with E-state index in [1.165, 1.54) is 5.56 Å². The molecule has 0 bridgehead atoms. The van der Waals surface area contributed by atoms with E-state index in [1.807, 2.05) is 39.2 Å². The van der Waals surface area contributed by atoms with Crippen LogP contribution in [-0.4, -0.2) is 45.2 Å². The van der Waals surface area contributed by atoms with Crippen LogP contribution in [-0.2, 0) is 6.54 Å². The van der Waals surface area contributed by atoms with Gasteiger partial charge in [-0.3, -0.25) is 9.69 Å². The quantitative estimate of drug-likeness (QED) is 0.642. The first kappa shape index (κ1) is 20.5. The molecule has 7 heteroatoms.